The highest BCUT2D eigenvalue weighted by atomic mass is 16.7. The molecule has 1 saturated heterocycles. The molecule has 6 nitrogen and oxygen atoms in total. The lowest BCUT2D eigenvalue weighted by Crippen LogP contribution is -2.15. The van der Waals surface area contributed by atoms with E-state index in [1.807, 2.05) is 0 Å². The minimum Gasteiger partial charge on any atom is -0.496 e. The van der Waals surface area contributed by atoms with Crippen molar-refractivity contribution in [3.63, 3.8) is 0 Å². The fourth-order valence-corrected chi connectivity index (χ4v) is 2.36. The van der Waals surface area contributed by atoms with Crippen molar-refractivity contribution < 1.29 is 28.8 Å². The Hall–Kier alpha value is -2.21. The van der Waals surface area contributed by atoms with Crippen LogP contribution in [-0.2, 0) is 9.53 Å². The van der Waals surface area contributed by atoms with Gasteiger partial charge in [-0.2, -0.15) is 0 Å². The average Bonchev–Trinajstić information content (AvgIpc) is 3.04. The van der Waals surface area contributed by atoms with Gasteiger partial charge in [0.25, 0.3) is 0 Å². The SMILES string of the molecule is C=C1C(=O)OC[C@H]1[C@@H](O)c1cc2c(cc1OC)OCO2. The number of ether oxygens (including phenoxy) is 4. The highest BCUT2D eigenvalue weighted by Crippen LogP contribution is 2.43. The molecule has 0 aliphatic carbocycles. The summed E-state index contributed by atoms with van der Waals surface area (Å²) in [5.74, 6) is 0.602. The predicted octanol–water partition coefficient (Wildman–Crippen LogP) is 1.19. The molecule has 0 aromatic heterocycles. The molecule has 106 valence electrons. The lowest BCUT2D eigenvalue weighted by molar-refractivity contribution is -0.135. The highest BCUT2D eigenvalue weighted by molar-refractivity contribution is 5.90. The van der Waals surface area contributed by atoms with Crippen molar-refractivity contribution in [2.45, 2.75) is 6.10 Å². The molecule has 6 heteroatoms. The van der Waals surface area contributed by atoms with Crippen LogP contribution >= 0.6 is 0 Å². The molecule has 0 spiro atoms. The van der Waals surface area contributed by atoms with Crippen molar-refractivity contribution in [1.29, 1.82) is 0 Å². The van der Waals surface area contributed by atoms with Gasteiger partial charge in [-0.25, -0.2) is 4.79 Å². The zero-order chi connectivity index (χ0) is 14.3. The normalized spacial score (nSPS) is 21.8. The number of carbonyl (C=O) groups excluding carboxylic acids is 1. The minimum absolute atomic E-state index is 0.108. The number of rotatable bonds is 3. The zero-order valence-electron chi connectivity index (χ0n) is 10.9. The number of methoxy groups -OCH3 is 1. The van der Waals surface area contributed by atoms with Gasteiger partial charge in [0.2, 0.25) is 6.79 Å². The summed E-state index contributed by atoms with van der Waals surface area (Å²) >= 11 is 0. The van der Waals surface area contributed by atoms with E-state index in [2.05, 4.69) is 6.58 Å². The summed E-state index contributed by atoms with van der Waals surface area (Å²) < 4.78 is 20.7. The summed E-state index contributed by atoms with van der Waals surface area (Å²) in [6.45, 7) is 3.90. The molecule has 2 aliphatic rings. The Bertz CT molecular complexity index is 579. The Morgan fingerprint density at radius 3 is 2.65 bits per heavy atom. The third-order valence-electron chi connectivity index (χ3n) is 3.53. The van der Waals surface area contributed by atoms with Gasteiger partial charge in [-0.15, -0.1) is 0 Å². The van der Waals surface area contributed by atoms with Gasteiger partial charge >= 0.3 is 5.97 Å². The molecule has 0 amide bonds. The quantitative estimate of drug-likeness (QED) is 0.661. The predicted molar refractivity (Wildman–Crippen MR) is 67.7 cm³/mol. The second kappa shape index (κ2) is 4.72. The molecule has 1 aromatic rings. The van der Waals surface area contributed by atoms with Gasteiger partial charge < -0.3 is 24.1 Å². The van der Waals surface area contributed by atoms with Crippen molar-refractivity contribution >= 4 is 5.97 Å². The summed E-state index contributed by atoms with van der Waals surface area (Å²) in [4.78, 5) is 11.4. The summed E-state index contributed by atoms with van der Waals surface area (Å²) in [6.07, 6.45) is -0.960. The fourth-order valence-electron chi connectivity index (χ4n) is 2.36. The van der Waals surface area contributed by atoms with Gasteiger partial charge in [0, 0.05) is 17.2 Å². The largest absolute Gasteiger partial charge is 0.496 e. The minimum atomic E-state index is -0.960. The van der Waals surface area contributed by atoms with Crippen LogP contribution in [0.4, 0.5) is 0 Å². The molecule has 1 aromatic carbocycles. The van der Waals surface area contributed by atoms with Crippen LogP contribution in [0.5, 0.6) is 17.2 Å². The number of benzene rings is 1. The monoisotopic (exact) mass is 278 g/mol. The van der Waals surface area contributed by atoms with Crippen molar-refractivity contribution in [3.8, 4) is 17.2 Å². The number of carbonyl (C=O) groups is 1. The number of hydrogen-bond acceptors (Lipinski definition) is 6. The topological polar surface area (TPSA) is 74.2 Å². The Kier molecular flexibility index (Phi) is 3.02. The van der Waals surface area contributed by atoms with Crippen LogP contribution in [0.2, 0.25) is 0 Å². The van der Waals surface area contributed by atoms with Crippen LogP contribution < -0.4 is 14.2 Å². The van der Waals surface area contributed by atoms with Gasteiger partial charge in [-0.3, -0.25) is 0 Å². The molecule has 2 atom stereocenters. The maximum Gasteiger partial charge on any atom is 0.333 e. The van der Waals surface area contributed by atoms with Crippen molar-refractivity contribution in [1.82, 2.24) is 0 Å². The number of aliphatic hydroxyl groups is 1. The number of fused-ring (bicyclic) bond motifs is 1. The van der Waals surface area contributed by atoms with Crippen LogP contribution in [0.3, 0.4) is 0 Å². The molecule has 20 heavy (non-hydrogen) atoms. The maximum absolute atomic E-state index is 11.4. The van der Waals surface area contributed by atoms with E-state index in [-0.39, 0.29) is 19.0 Å². The van der Waals surface area contributed by atoms with E-state index in [9.17, 15) is 9.90 Å². The summed E-state index contributed by atoms with van der Waals surface area (Å²) in [6, 6.07) is 3.31. The first-order valence-corrected chi connectivity index (χ1v) is 6.13. The van der Waals surface area contributed by atoms with Crippen LogP contribution in [0.1, 0.15) is 11.7 Å². The third kappa shape index (κ3) is 1.89. The highest BCUT2D eigenvalue weighted by Gasteiger charge is 2.37. The van der Waals surface area contributed by atoms with Crippen LogP contribution in [0.25, 0.3) is 0 Å². The van der Waals surface area contributed by atoms with Crippen molar-refractivity contribution in [3.05, 3.63) is 29.8 Å². The standard InChI is InChI=1S/C14H14O6/c1-7-9(5-18-14(7)16)13(15)8-3-11-12(20-6-19-11)4-10(8)17-2/h3-4,9,13,15H,1,5-6H2,2H3/t9-,13+/m1/s1. The third-order valence-corrected chi connectivity index (χ3v) is 3.53. The van der Waals surface area contributed by atoms with Crippen LogP contribution in [-0.4, -0.2) is 31.6 Å². The van der Waals surface area contributed by atoms with Gasteiger partial charge in [0.15, 0.2) is 11.5 Å². The lowest BCUT2D eigenvalue weighted by Gasteiger charge is -2.19. The maximum atomic E-state index is 11.4. The first-order valence-electron chi connectivity index (χ1n) is 6.13. The van der Waals surface area contributed by atoms with E-state index in [0.717, 1.165) is 0 Å². The molecule has 0 unspecified atom stereocenters. The smallest absolute Gasteiger partial charge is 0.333 e. The Morgan fingerprint density at radius 1 is 1.35 bits per heavy atom. The molecule has 1 fully saturated rings. The van der Waals surface area contributed by atoms with E-state index >= 15 is 0 Å². The molecule has 1 N–H and O–H groups in total. The van der Waals surface area contributed by atoms with Crippen LogP contribution in [0, 0.1) is 5.92 Å². The Labute approximate surface area is 115 Å². The van der Waals surface area contributed by atoms with Crippen LogP contribution in [0.15, 0.2) is 24.3 Å². The van der Waals surface area contributed by atoms with Gasteiger partial charge in [-0.1, -0.05) is 6.58 Å². The number of esters is 1. The zero-order valence-corrected chi connectivity index (χ0v) is 10.9. The van der Waals surface area contributed by atoms with Gasteiger partial charge in [0.1, 0.15) is 12.4 Å². The number of hydrogen-bond donors (Lipinski definition) is 1. The van der Waals surface area contributed by atoms with E-state index in [1.165, 1.54) is 7.11 Å². The van der Waals surface area contributed by atoms with E-state index in [0.29, 0.717) is 22.8 Å². The molecule has 3 rings (SSSR count). The summed E-state index contributed by atoms with van der Waals surface area (Å²) in [5.41, 5.74) is 0.776. The Morgan fingerprint density at radius 2 is 2.05 bits per heavy atom. The molecule has 0 bridgehead atoms. The van der Waals surface area contributed by atoms with E-state index in [1.54, 1.807) is 12.1 Å². The summed E-state index contributed by atoms with van der Waals surface area (Å²) in [7, 11) is 1.50. The number of aliphatic hydroxyl groups excluding tert-OH is 1. The first kappa shape index (κ1) is 12.8. The second-order valence-electron chi connectivity index (χ2n) is 4.62. The van der Waals surface area contributed by atoms with Crippen molar-refractivity contribution in [2.75, 3.05) is 20.5 Å². The summed E-state index contributed by atoms with van der Waals surface area (Å²) in [5, 5.41) is 10.5. The Balaban J connectivity index is 1.97. The second-order valence-corrected chi connectivity index (χ2v) is 4.62. The fraction of sp³-hybridized carbons (Fsp3) is 0.357. The number of cyclic esters (lactones) is 1. The van der Waals surface area contributed by atoms with Gasteiger partial charge in [0.05, 0.1) is 19.1 Å². The van der Waals surface area contributed by atoms with E-state index in [4.69, 9.17) is 18.9 Å². The molecule has 2 aliphatic heterocycles. The molecular formula is C14H14O6. The molecule has 0 radical (unpaired) electrons. The first-order chi connectivity index (χ1) is 9.61. The average molecular weight is 278 g/mol. The molecule has 2 heterocycles. The molecular weight excluding hydrogens is 264 g/mol. The van der Waals surface area contributed by atoms with Crippen molar-refractivity contribution in [2.24, 2.45) is 5.92 Å². The molecule has 0 saturated carbocycles. The lowest BCUT2D eigenvalue weighted by atomic mass is 9.91. The van der Waals surface area contributed by atoms with E-state index < -0.39 is 18.0 Å². The van der Waals surface area contributed by atoms with Gasteiger partial charge in [-0.05, 0) is 6.07 Å².